The topological polar surface area (TPSA) is 20.3 Å². The maximum Gasteiger partial charge on any atom is 0.141 e. The van der Waals surface area contributed by atoms with Gasteiger partial charge in [-0.3, -0.25) is 9.69 Å². The van der Waals surface area contributed by atoms with E-state index in [9.17, 15) is 4.79 Å². The van der Waals surface area contributed by atoms with Gasteiger partial charge in [-0.25, -0.2) is 0 Å². The van der Waals surface area contributed by atoms with Gasteiger partial charge in [0.25, 0.3) is 0 Å². The van der Waals surface area contributed by atoms with Gasteiger partial charge in [0.15, 0.2) is 0 Å². The van der Waals surface area contributed by atoms with Crippen LogP contribution in [0.2, 0.25) is 0 Å². The number of hydrogen-bond donors (Lipinski definition) is 0. The van der Waals surface area contributed by atoms with Crippen LogP contribution in [0.25, 0.3) is 0 Å². The number of piperidine rings is 1. The van der Waals surface area contributed by atoms with E-state index in [-0.39, 0.29) is 5.92 Å². The summed E-state index contributed by atoms with van der Waals surface area (Å²) in [6.45, 7) is 8.76. The zero-order chi connectivity index (χ0) is 9.75. The number of likely N-dealkylation sites (tertiary alicyclic amines) is 1. The fourth-order valence-corrected chi connectivity index (χ4v) is 3.29. The van der Waals surface area contributed by atoms with Gasteiger partial charge in [0.1, 0.15) is 5.78 Å². The lowest BCUT2D eigenvalue weighted by Crippen LogP contribution is -2.50. The molecule has 2 aliphatic rings. The van der Waals surface area contributed by atoms with Gasteiger partial charge in [-0.2, -0.15) is 0 Å². The maximum atomic E-state index is 11.7. The first kappa shape index (κ1) is 9.20. The van der Waals surface area contributed by atoms with Gasteiger partial charge in [0, 0.05) is 30.0 Å². The molecule has 2 bridgehead atoms. The number of rotatable bonds is 1. The smallest absolute Gasteiger partial charge is 0.141 e. The normalized spacial score (nSPS) is 45.2. The Morgan fingerprint density at radius 2 is 2.00 bits per heavy atom. The molecule has 0 aromatic rings. The zero-order valence-corrected chi connectivity index (χ0v) is 8.95. The lowest BCUT2D eigenvalue weighted by Gasteiger charge is -2.38. The number of ketones is 1. The Kier molecular flexibility index (Phi) is 1.99. The van der Waals surface area contributed by atoms with Crippen LogP contribution in [0.5, 0.6) is 0 Å². The molecule has 13 heavy (non-hydrogen) atoms. The number of fused-ring (bicyclic) bond motifs is 2. The summed E-state index contributed by atoms with van der Waals surface area (Å²) < 4.78 is 0. The van der Waals surface area contributed by atoms with Crippen molar-refractivity contribution in [3.63, 3.8) is 0 Å². The molecule has 74 valence electrons. The number of Topliss-reactive ketones (excluding diaryl/α,β-unsaturated/α-hetero) is 1. The minimum atomic E-state index is 0.281. The molecule has 2 fully saturated rings. The summed E-state index contributed by atoms with van der Waals surface area (Å²) in [6.07, 6.45) is 1.11. The van der Waals surface area contributed by atoms with Crippen LogP contribution in [-0.2, 0) is 4.79 Å². The van der Waals surface area contributed by atoms with Gasteiger partial charge < -0.3 is 0 Å². The van der Waals surface area contributed by atoms with E-state index in [1.165, 1.54) is 0 Å². The van der Waals surface area contributed by atoms with Crippen LogP contribution in [0.15, 0.2) is 0 Å². The Morgan fingerprint density at radius 1 is 1.38 bits per heavy atom. The molecular formula is C11H19NO. The molecule has 2 heteroatoms. The molecule has 0 aromatic heterocycles. The van der Waals surface area contributed by atoms with Gasteiger partial charge in [-0.15, -0.1) is 0 Å². The van der Waals surface area contributed by atoms with Crippen LogP contribution in [0, 0.1) is 11.8 Å². The van der Waals surface area contributed by atoms with E-state index in [0.29, 0.717) is 29.8 Å². The minimum Gasteiger partial charge on any atom is -0.299 e. The second-order valence-electron chi connectivity index (χ2n) is 4.88. The number of carbonyl (C=O) groups is 1. The first-order valence-electron chi connectivity index (χ1n) is 5.35. The molecular weight excluding hydrogens is 162 g/mol. The van der Waals surface area contributed by atoms with Crippen LogP contribution >= 0.6 is 0 Å². The Morgan fingerprint density at radius 3 is 2.46 bits per heavy atom. The van der Waals surface area contributed by atoms with Crippen LogP contribution in [0.1, 0.15) is 34.1 Å². The van der Waals surface area contributed by atoms with Crippen molar-refractivity contribution in [3.05, 3.63) is 0 Å². The van der Waals surface area contributed by atoms with Gasteiger partial charge >= 0.3 is 0 Å². The number of carbonyl (C=O) groups excluding carboxylic acids is 1. The van der Waals surface area contributed by atoms with Crippen molar-refractivity contribution >= 4 is 5.78 Å². The van der Waals surface area contributed by atoms with E-state index < -0.39 is 0 Å². The number of hydrogen-bond acceptors (Lipinski definition) is 2. The summed E-state index contributed by atoms with van der Waals surface area (Å²) >= 11 is 0. The highest BCUT2D eigenvalue weighted by atomic mass is 16.1. The van der Waals surface area contributed by atoms with E-state index in [2.05, 4.69) is 32.6 Å². The first-order valence-corrected chi connectivity index (χ1v) is 5.35. The van der Waals surface area contributed by atoms with Crippen molar-refractivity contribution < 1.29 is 4.79 Å². The highest BCUT2D eigenvalue weighted by Gasteiger charge is 2.53. The highest BCUT2D eigenvalue weighted by molar-refractivity contribution is 5.88. The molecule has 0 N–H and O–H groups in total. The Hall–Kier alpha value is -0.370. The molecule has 0 radical (unpaired) electrons. The standard InChI is InChI=1S/C11H19NO/c1-6(2)12-8(4)9-5-10(12)7(3)11(9)13/h6-10H,5H2,1-4H3/t7?,8-,9?,10?/m1/s1. The molecule has 4 atom stereocenters. The van der Waals surface area contributed by atoms with Crippen LogP contribution in [0.4, 0.5) is 0 Å². The fourth-order valence-electron chi connectivity index (χ4n) is 3.29. The third kappa shape index (κ3) is 1.08. The zero-order valence-electron chi connectivity index (χ0n) is 8.95. The molecule has 0 amide bonds. The van der Waals surface area contributed by atoms with Gasteiger partial charge in [0.2, 0.25) is 0 Å². The van der Waals surface area contributed by atoms with Crippen molar-refractivity contribution in [2.24, 2.45) is 11.8 Å². The molecule has 1 saturated heterocycles. The first-order chi connectivity index (χ1) is 6.04. The second kappa shape index (κ2) is 2.81. The van der Waals surface area contributed by atoms with E-state index in [1.807, 2.05) is 0 Å². The summed E-state index contributed by atoms with van der Waals surface area (Å²) in [7, 11) is 0. The van der Waals surface area contributed by atoms with Crippen molar-refractivity contribution in [3.8, 4) is 0 Å². The third-order valence-electron chi connectivity index (χ3n) is 3.92. The molecule has 1 saturated carbocycles. The fraction of sp³-hybridized carbons (Fsp3) is 0.909. The van der Waals surface area contributed by atoms with Crippen molar-refractivity contribution in [2.45, 2.75) is 52.2 Å². The summed E-state index contributed by atoms with van der Waals surface area (Å²) in [5.41, 5.74) is 0. The molecule has 0 spiro atoms. The van der Waals surface area contributed by atoms with Crippen molar-refractivity contribution in [1.82, 2.24) is 4.90 Å². The predicted octanol–water partition coefficient (Wildman–Crippen LogP) is 1.69. The van der Waals surface area contributed by atoms with E-state index >= 15 is 0 Å². The molecule has 2 rings (SSSR count). The lowest BCUT2D eigenvalue weighted by atomic mass is 9.92. The van der Waals surface area contributed by atoms with Crippen LogP contribution in [-0.4, -0.2) is 28.8 Å². The molecule has 0 aromatic carbocycles. The summed E-state index contributed by atoms with van der Waals surface area (Å²) in [5, 5.41) is 0. The van der Waals surface area contributed by atoms with E-state index in [4.69, 9.17) is 0 Å². The molecule has 3 unspecified atom stereocenters. The van der Waals surface area contributed by atoms with Gasteiger partial charge in [0.05, 0.1) is 0 Å². The molecule has 1 aliphatic carbocycles. The van der Waals surface area contributed by atoms with Crippen LogP contribution < -0.4 is 0 Å². The average Bonchev–Trinajstić information content (AvgIpc) is 2.50. The van der Waals surface area contributed by atoms with Crippen molar-refractivity contribution in [1.29, 1.82) is 0 Å². The van der Waals surface area contributed by atoms with E-state index in [0.717, 1.165) is 6.42 Å². The maximum absolute atomic E-state index is 11.7. The molecule has 1 aliphatic heterocycles. The lowest BCUT2D eigenvalue weighted by molar-refractivity contribution is -0.129. The van der Waals surface area contributed by atoms with Gasteiger partial charge in [-0.1, -0.05) is 6.92 Å². The van der Waals surface area contributed by atoms with Crippen LogP contribution in [0.3, 0.4) is 0 Å². The third-order valence-corrected chi connectivity index (χ3v) is 3.92. The van der Waals surface area contributed by atoms with Crippen molar-refractivity contribution in [2.75, 3.05) is 0 Å². The summed E-state index contributed by atoms with van der Waals surface area (Å²) in [6, 6.07) is 1.60. The Bertz CT molecular complexity index is 236. The Balaban J connectivity index is 2.24. The largest absolute Gasteiger partial charge is 0.299 e. The minimum absolute atomic E-state index is 0.281. The molecule has 2 nitrogen and oxygen atoms in total. The SMILES string of the molecule is CC1C(=O)C2CC1N(C(C)C)[C@@H]2C. The highest BCUT2D eigenvalue weighted by Crippen LogP contribution is 2.44. The second-order valence-corrected chi connectivity index (χ2v) is 4.88. The number of nitrogens with zero attached hydrogens (tertiary/aromatic N) is 1. The quantitative estimate of drug-likeness (QED) is 0.613. The summed E-state index contributed by atoms with van der Waals surface area (Å²) in [5.74, 6) is 1.13. The Labute approximate surface area is 80.3 Å². The molecule has 1 heterocycles. The predicted molar refractivity (Wildman–Crippen MR) is 52.5 cm³/mol. The van der Waals surface area contributed by atoms with E-state index in [1.54, 1.807) is 0 Å². The van der Waals surface area contributed by atoms with Gasteiger partial charge in [-0.05, 0) is 27.2 Å². The monoisotopic (exact) mass is 181 g/mol. The summed E-state index contributed by atoms with van der Waals surface area (Å²) in [4.78, 5) is 14.2. The average molecular weight is 181 g/mol.